The second-order valence-corrected chi connectivity index (χ2v) is 8.42. The van der Waals surface area contributed by atoms with Gasteiger partial charge in [-0.3, -0.25) is 4.79 Å². The summed E-state index contributed by atoms with van der Waals surface area (Å²) in [5, 5.41) is 11.7. The van der Waals surface area contributed by atoms with Crippen LogP contribution < -0.4 is 5.32 Å². The van der Waals surface area contributed by atoms with E-state index in [1.165, 1.54) is 29.5 Å². The molecule has 0 unspecified atom stereocenters. The molecule has 2 aromatic carbocycles. The highest BCUT2D eigenvalue weighted by atomic mass is 35.5. The Bertz CT molecular complexity index is 916. The van der Waals surface area contributed by atoms with E-state index in [0.717, 1.165) is 11.4 Å². The number of anilines is 1. The fraction of sp³-hybridized carbons (Fsp3) is 0.250. The summed E-state index contributed by atoms with van der Waals surface area (Å²) in [6, 6.07) is 15.1. The van der Waals surface area contributed by atoms with Gasteiger partial charge in [0.15, 0.2) is 0 Å². The molecule has 0 fully saturated rings. The second kappa shape index (κ2) is 10.5. The average Bonchev–Trinajstić information content (AvgIpc) is 3.17. The lowest BCUT2D eigenvalue weighted by Crippen LogP contribution is -2.13. The van der Waals surface area contributed by atoms with Gasteiger partial charge in [-0.15, -0.1) is 22.0 Å². The number of aromatic nitrogens is 2. The van der Waals surface area contributed by atoms with Gasteiger partial charge in [-0.05, 0) is 48.6 Å². The molecule has 0 aliphatic heterocycles. The molecule has 0 bridgehead atoms. The quantitative estimate of drug-likeness (QED) is 0.329. The van der Waals surface area contributed by atoms with E-state index in [2.05, 4.69) is 22.4 Å². The van der Waals surface area contributed by atoms with E-state index in [0.29, 0.717) is 21.7 Å². The standard InChI is InChI=1S/C20H20ClN3O2S2/c1-2-3-12-27-15-10-8-14(9-11-15)22-18(25)13-28-20-24-23-19(26-20)16-6-4-5-7-17(16)21/h4-11H,2-3,12-13H2,1H3,(H,22,25). The van der Waals surface area contributed by atoms with Crippen molar-refractivity contribution in [3.63, 3.8) is 0 Å². The van der Waals surface area contributed by atoms with Gasteiger partial charge in [0.2, 0.25) is 11.8 Å². The summed E-state index contributed by atoms with van der Waals surface area (Å²) in [6.45, 7) is 2.18. The van der Waals surface area contributed by atoms with Crippen molar-refractivity contribution in [1.82, 2.24) is 10.2 Å². The minimum Gasteiger partial charge on any atom is -0.411 e. The monoisotopic (exact) mass is 433 g/mol. The van der Waals surface area contributed by atoms with Crippen LogP contribution in [-0.4, -0.2) is 27.6 Å². The predicted octanol–water partition coefficient (Wildman–Crippen LogP) is 6.01. The summed E-state index contributed by atoms with van der Waals surface area (Å²) >= 11 is 9.15. The molecule has 1 N–H and O–H groups in total. The van der Waals surface area contributed by atoms with E-state index < -0.39 is 0 Å². The SMILES string of the molecule is CCCCSc1ccc(NC(=O)CSc2nnc(-c3ccccc3Cl)o2)cc1. The highest BCUT2D eigenvalue weighted by Gasteiger charge is 2.13. The average molecular weight is 434 g/mol. The minimum absolute atomic E-state index is 0.131. The summed E-state index contributed by atoms with van der Waals surface area (Å²) in [5.41, 5.74) is 1.44. The Morgan fingerprint density at radius 2 is 1.89 bits per heavy atom. The van der Waals surface area contributed by atoms with Gasteiger partial charge in [0.1, 0.15) is 0 Å². The van der Waals surface area contributed by atoms with Gasteiger partial charge >= 0.3 is 0 Å². The molecule has 0 atom stereocenters. The maximum atomic E-state index is 12.2. The molecule has 3 aromatic rings. The summed E-state index contributed by atoms with van der Waals surface area (Å²) < 4.78 is 5.59. The maximum absolute atomic E-state index is 12.2. The van der Waals surface area contributed by atoms with Gasteiger partial charge in [-0.25, -0.2) is 0 Å². The van der Waals surface area contributed by atoms with Crippen LogP contribution in [0.4, 0.5) is 5.69 Å². The molecule has 1 amide bonds. The Labute approximate surface area is 177 Å². The maximum Gasteiger partial charge on any atom is 0.277 e. The molecule has 0 aliphatic rings. The molecule has 1 aromatic heterocycles. The molecule has 3 rings (SSSR count). The van der Waals surface area contributed by atoms with Crippen LogP contribution >= 0.6 is 35.1 Å². The molecule has 1 heterocycles. The number of hydrogen-bond acceptors (Lipinski definition) is 6. The third-order valence-electron chi connectivity index (χ3n) is 3.74. The number of benzene rings is 2. The molecule has 0 radical (unpaired) electrons. The number of halogens is 1. The highest BCUT2D eigenvalue weighted by molar-refractivity contribution is 7.99. The van der Waals surface area contributed by atoms with Crippen molar-refractivity contribution in [2.45, 2.75) is 29.9 Å². The number of nitrogens with zero attached hydrogens (tertiary/aromatic N) is 2. The smallest absolute Gasteiger partial charge is 0.277 e. The number of carbonyl (C=O) groups is 1. The lowest BCUT2D eigenvalue weighted by Gasteiger charge is -2.05. The lowest BCUT2D eigenvalue weighted by atomic mass is 10.2. The molecule has 28 heavy (non-hydrogen) atoms. The summed E-state index contributed by atoms with van der Waals surface area (Å²) in [6.07, 6.45) is 2.40. The Morgan fingerprint density at radius 1 is 1.11 bits per heavy atom. The number of unbranched alkanes of at least 4 members (excludes halogenated alkanes) is 1. The fourth-order valence-corrected chi connectivity index (χ4v) is 4.08. The molecular formula is C20H20ClN3O2S2. The van der Waals surface area contributed by atoms with E-state index in [1.807, 2.05) is 48.2 Å². The molecule has 0 spiro atoms. The van der Waals surface area contributed by atoms with Crippen molar-refractivity contribution < 1.29 is 9.21 Å². The van der Waals surface area contributed by atoms with Crippen LogP contribution in [0.3, 0.4) is 0 Å². The molecule has 5 nitrogen and oxygen atoms in total. The van der Waals surface area contributed by atoms with Crippen molar-refractivity contribution in [3.8, 4) is 11.5 Å². The highest BCUT2D eigenvalue weighted by Crippen LogP contribution is 2.28. The Morgan fingerprint density at radius 3 is 2.64 bits per heavy atom. The van der Waals surface area contributed by atoms with E-state index in [-0.39, 0.29) is 11.7 Å². The van der Waals surface area contributed by atoms with Crippen LogP contribution in [0, 0.1) is 0 Å². The van der Waals surface area contributed by atoms with E-state index in [9.17, 15) is 4.79 Å². The number of rotatable bonds is 9. The number of hydrogen-bond donors (Lipinski definition) is 1. The zero-order valence-corrected chi connectivity index (χ0v) is 17.7. The normalized spacial score (nSPS) is 10.8. The van der Waals surface area contributed by atoms with Crippen molar-refractivity contribution in [1.29, 1.82) is 0 Å². The van der Waals surface area contributed by atoms with Crippen LogP contribution in [0.5, 0.6) is 0 Å². The number of nitrogens with one attached hydrogen (secondary N) is 1. The summed E-state index contributed by atoms with van der Waals surface area (Å²) in [4.78, 5) is 13.4. The molecule has 0 saturated carbocycles. The van der Waals surface area contributed by atoms with Gasteiger partial charge in [0.25, 0.3) is 5.22 Å². The first kappa shape index (κ1) is 20.8. The molecular weight excluding hydrogens is 414 g/mol. The Hall–Kier alpha value is -1.96. The predicted molar refractivity (Wildman–Crippen MR) is 116 cm³/mol. The first-order valence-electron chi connectivity index (χ1n) is 8.89. The van der Waals surface area contributed by atoms with Crippen LogP contribution in [0.2, 0.25) is 5.02 Å². The van der Waals surface area contributed by atoms with E-state index in [4.69, 9.17) is 16.0 Å². The van der Waals surface area contributed by atoms with Crippen LogP contribution in [0.25, 0.3) is 11.5 Å². The van der Waals surface area contributed by atoms with Crippen LogP contribution in [0.15, 0.2) is 63.1 Å². The molecule has 146 valence electrons. The fourth-order valence-electron chi connectivity index (χ4n) is 2.30. The molecule has 0 saturated heterocycles. The van der Waals surface area contributed by atoms with Crippen LogP contribution in [0.1, 0.15) is 19.8 Å². The number of amides is 1. The van der Waals surface area contributed by atoms with Crippen molar-refractivity contribution in [2.24, 2.45) is 0 Å². The van der Waals surface area contributed by atoms with Crippen LogP contribution in [-0.2, 0) is 4.79 Å². The Balaban J connectivity index is 1.49. The largest absolute Gasteiger partial charge is 0.411 e. The summed E-state index contributed by atoms with van der Waals surface area (Å²) in [7, 11) is 0. The zero-order valence-electron chi connectivity index (χ0n) is 15.4. The second-order valence-electron chi connectivity index (χ2n) is 5.92. The van der Waals surface area contributed by atoms with Gasteiger partial charge in [-0.2, -0.15) is 0 Å². The van der Waals surface area contributed by atoms with Gasteiger partial charge in [-0.1, -0.05) is 48.8 Å². The van der Waals surface area contributed by atoms with Crippen molar-refractivity contribution >= 4 is 46.7 Å². The van der Waals surface area contributed by atoms with Gasteiger partial charge in [0.05, 0.1) is 16.3 Å². The van der Waals surface area contributed by atoms with Crippen molar-refractivity contribution in [3.05, 3.63) is 53.6 Å². The third kappa shape index (κ3) is 6.02. The first-order chi connectivity index (χ1) is 13.7. The lowest BCUT2D eigenvalue weighted by molar-refractivity contribution is -0.113. The first-order valence-corrected chi connectivity index (χ1v) is 11.2. The van der Waals surface area contributed by atoms with E-state index in [1.54, 1.807) is 12.1 Å². The van der Waals surface area contributed by atoms with E-state index >= 15 is 0 Å². The Kier molecular flexibility index (Phi) is 7.82. The number of carbonyl (C=O) groups excluding carboxylic acids is 1. The molecule has 8 heteroatoms. The minimum atomic E-state index is -0.131. The van der Waals surface area contributed by atoms with Gasteiger partial charge in [0, 0.05) is 10.6 Å². The van der Waals surface area contributed by atoms with Crippen molar-refractivity contribution in [2.75, 3.05) is 16.8 Å². The molecule has 0 aliphatic carbocycles. The van der Waals surface area contributed by atoms with Gasteiger partial charge < -0.3 is 9.73 Å². The third-order valence-corrected chi connectivity index (χ3v) is 5.99. The summed E-state index contributed by atoms with van der Waals surface area (Å²) in [5.74, 6) is 1.50. The number of thioether (sulfide) groups is 2. The zero-order chi connectivity index (χ0) is 19.8. The topological polar surface area (TPSA) is 68.0 Å².